The molecule has 3 rings (SSSR count). The van der Waals surface area contributed by atoms with Crippen LogP contribution in [0, 0.1) is 0 Å². The minimum absolute atomic E-state index is 0.0203. The summed E-state index contributed by atoms with van der Waals surface area (Å²) in [5.41, 5.74) is 2.48. The molecule has 1 N–H and O–H groups in total. The highest BCUT2D eigenvalue weighted by atomic mass is 28.4. The van der Waals surface area contributed by atoms with Gasteiger partial charge >= 0.3 is 0 Å². The summed E-state index contributed by atoms with van der Waals surface area (Å²) in [5.74, 6) is 0.443. The number of carbonyl (C=O) groups is 1. The Morgan fingerprint density at radius 3 is 2.09 bits per heavy atom. The second kappa shape index (κ2) is 10.2. The summed E-state index contributed by atoms with van der Waals surface area (Å²) in [6.45, 7) is 9.28. The quantitative estimate of drug-likeness (QED) is 0.331. The Labute approximate surface area is 192 Å². The fourth-order valence-corrected chi connectivity index (χ4v) is 9.01. The molecule has 3 aromatic carbocycles. The minimum Gasteiger partial charge on any atom is -0.507 e. The summed E-state index contributed by atoms with van der Waals surface area (Å²) < 4.78 is 12.0. The zero-order chi connectivity index (χ0) is 23.3. The van der Waals surface area contributed by atoms with Crippen LogP contribution in [0.3, 0.4) is 0 Å². The van der Waals surface area contributed by atoms with Gasteiger partial charge in [-0.1, -0.05) is 64.1 Å². The van der Waals surface area contributed by atoms with Gasteiger partial charge in [-0.2, -0.15) is 0 Å². The lowest BCUT2D eigenvalue weighted by Crippen LogP contribution is -2.56. The predicted molar refractivity (Wildman–Crippen MR) is 131 cm³/mol. The third-order valence-electron chi connectivity index (χ3n) is 6.08. The van der Waals surface area contributed by atoms with Crippen molar-refractivity contribution in [3.05, 3.63) is 89.5 Å². The normalized spacial score (nSPS) is 11.7. The van der Waals surface area contributed by atoms with Crippen molar-refractivity contribution < 1.29 is 19.1 Å². The van der Waals surface area contributed by atoms with Crippen LogP contribution in [0.5, 0.6) is 11.5 Å². The topological polar surface area (TPSA) is 55.8 Å². The summed E-state index contributed by atoms with van der Waals surface area (Å²) in [6, 6.07) is 22.5. The van der Waals surface area contributed by atoms with E-state index in [1.54, 1.807) is 37.4 Å². The fraction of sp³-hybridized carbons (Fsp3) is 0.296. The monoisotopic (exact) mass is 448 g/mol. The average Bonchev–Trinajstić information content (AvgIpc) is 2.80. The molecule has 0 aliphatic heterocycles. The fourth-order valence-electron chi connectivity index (χ4n) is 4.39. The summed E-state index contributed by atoms with van der Waals surface area (Å²) in [6.07, 6.45) is 0. The summed E-state index contributed by atoms with van der Waals surface area (Å²) in [7, 11) is -0.921. The first kappa shape index (κ1) is 23.8. The van der Waals surface area contributed by atoms with Crippen molar-refractivity contribution >= 4 is 19.3 Å². The van der Waals surface area contributed by atoms with Crippen molar-refractivity contribution in [3.63, 3.8) is 0 Å². The van der Waals surface area contributed by atoms with E-state index < -0.39 is 8.32 Å². The molecule has 0 heterocycles. The number of ketones is 1. The first-order valence-corrected chi connectivity index (χ1v) is 13.1. The highest BCUT2D eigenvalue weighted by Gasteiger charge is 2.44. The SMILES string of the molecule is COc1ccc(C(=O)c2cc([Si](OCc3ccccc3)(C(C)C)C(C)C)ccc2O)cc1. The van der Waals surface area contributed by atoms with E-state index in [-0.39, 0.29) is 22.6 Å². The molecule has 0 radical (unpaired) electrons. The van der Waals surface area contributed by atoms with Crippen LogP contribution in [-0.4, -0.2) is 26.3 Å². The van der Waals surface area contributed by atoms with Crippen LogP contribution in [0.15, 0.2) is 72.8 Å². The Balaban J connectivity index is 2.02. The van der Waals surface area contributed by atoms with Crippen molar-refractivity contribution in [2.45, 2.75) is 45.4 Å². The maximum Gasteiger partial charge on any atom is 0.229 e. The molecule has 0 saturated heterocycles. The molecule has 0 saturated carbocycles. The Morgan fingerprint density at radius 2 is 1.53 bits per heavy atom. The molecule has 168 valence electrons. The largest absolute Gasteiger partial charge is 0.507 e. The Kier molecular flexibility index (Phi) is 7.54. The summed E-state index contributed by atoms with van der Waals surface area (Å²) in [5, 5.41) is 11.6. The molecule has 0 aliphatic carbocycles. The van der Waals surface area contributed by atoms with Gasteiger partial charge < -0.3 is 14.3 Å². The molecule has 0 unspecified atom stereocenters. The smallest absolute Gasteiger partial charge is 0.229 e. The number of rotatable bonds is 9. The lowest BCUT2D eigenvalue weighted by molar-refractivity contribution is 0.103. The lowest BCUT2D eigenvalue weighted by Gasteiger charge is -2.39. The van der Waals surface area contributed by atoms with Crippen LogP contribution in [0.25, 0.3) is 0 Å². The van der Waals surface area contributed by atoms with E-state index in [9.17, 15) is 9.90 Å². The number of benzene rings is 3. The minimum atomic E-state index is -2.51. The van der Waals surface area contributed by atoms with E-state index in [1.165, 1.54) is 0 Å². The molecule has 0 bridgehead atoms. The van der Waals surface area contributed by atoms with Gasteiger partial charge in [-0.3, -0.25) is 4.79 Å². The number of aromatic hydroxyl groups is 1. The molecule has 0 atom stereocenters. The van der Waals surface area contributed by atoms with Gasteiger partial charge in [0.25, 0.3) is 0 Å². The van der Waals surface area contributed by atoms with E-state index in [1.807, 2.05) is 30.3 Å². The zero-order valence-corrected chi connectivity index (χ0v) is 20.5. The molecule has 4 nitrogen and oxygen atoms in total. The van der Waals surface area contributed by atoms with Crippen molar-refractivity contribution in [2.24, 2.45) is 0 Å². The van der Waals surface area contributed by atoms with Crippen LogP contribution in [-0.2, 0) is 11.0 Å². The lowest BCUT2D eigenvalue weighted by atomic mass is 10.0. The van der Waals surface area contributed by atoms with E-state index in [0.717, 1.165) is 10.8 Å². The van der Waals surface area contributed by atoms with Crippen molar-refractivity contribution in [1.29, 1.82) is 0 Å². The number of methoxy groups -OCH3 is 1. The molecule has 0 aromatic heterocycles. The molecule has 0 amide bonds. The van der Waals surface area contributed by atoms with Gasteiger partial charge in [0.2, 0.25) is 8.32 Å². The first-order valence-electron chi connectivity index (χ1n) is 11.0. The molecule has 5 heteroatoms. The molecule has 0 aliphatic rings. The maximum absolute atomic E-state index is 13.2. The summed E-state index contributed by atoms with van der Waals surface area (Å²) in [4.78, 5) is 13.2. The number of hydrogen-bond acceptors (Lipinski definition) is 4. The maximum atomic E-state index is 13.2. The van der Waals surface area contributed by atoms with E-state index >= 15 is 0 Å². The molecular formula is C27H32O4Si. The number of hydrogen-bond donors (Lipinski definition) is 1. The van der Waals surface area contributed by atoms with Crippen molar-refractivity contribution in [1.82, 2.24) is 0 Å². The van der Waals surface area contributed by atoms with Crippen molar-refractivity contribution in [3.8, 4) is 11.5 Å². The van der Waals surface area contributed by atoms with Gasteiger partial charge in [-0.05, 0) is 58.2 Å². The zero-order valence-electron chi connectivity index (χ0n) is 19.5. The predicted octanol–water partition coefficient (Wildman–Crippen LogP) is 5.82. The van der Waals surface area contributed by atoms with Gasteiger partial charge in [-0.15, -0.1) is 0 Å². The molecular weight excluding hydrogens is 416 g/mol. The van der Waals surface area contributed by atoms with Crippen molar-refractivity contribution in [2.75, 3.05) is 7.11 Å². The van der Waals surface area contributed by atoms with Crippen LogP contribution in [0.4, 0.5) is 0 Å². The van der Waals surface area contributed by atoms with E-state index in [2.05, 4.69) is 39.8 Å². The molecule has 32 heavy (non-hydrogen) atoms. The van der Waals surface area contributed by atoms with Gasteiger partial charge in [0.1, 0.15) is 11.5 Å². The van der Waals surface area contributed by atoms with Crippen LogP contribution < -0.4 is 9.92 Å². The van der Waals surface area contributed by atoms with Gasteiger partial charge in [-0.25, -0.2) is 0 Å². The number of phenolic OH excluding ortho intramolecular Hbond substituents is 1. The Hall–Kier alpha value is -2.89. The second-order valence-corrected chi connectivity index (χ2v) is 13.4. The van der Waals surface area contributed by atoms with Crippen LogP contribution >= 0.6 is 0 Å². The highest BCUT2D eigenvalue weighted by molar-refractivity contribution is 6.88. The second-order valence-electron chi connectivity index (χ2n) is 8.67. The van der Waals surface area contributed by atoms with E-state index in [4.69, 9.17) is 9.16 Å². The Morgan fingerprint density at radius 1 is 0.906 bits per heavy atom. The van der Waals surface area contributed by atoms with Gasteiger partial charge in [0.05, 0.1) is 19.3 Å². The average molecular weight is 449 g/mol. The molecule has 3 aromatic rings. The van der Waals surface area contributed by atoms with Crippen LogP contribution in [0.2, 0.25) is 11.1 Å². The standard InChI is InChI=1S/C27H32O4Si/c1-19(2)32(20(3)4,31-18-21-9-7-6-8-10-21)24-15-16-26(28)25(17-24)27(29)22-11-13-23(30-5)14-12-22/h6-17,19-20,28H,18H2,1-5H3. The number of phenols is 1. The van der Waals surface area contributed by atoms with Crippen LogP contribution in [0.1, 0.15) is 49.2 Å². The number of ether oxygens (including phenoxy) is 1. The van der Waals surface area contributed by atoms with E-state index in [0.29, 0.717) is 23.5 Å². The molecule has 0 spiro atoms. The first-order chi connectivity index (χ1) is 15.3. The van der Waals surface area contributed by atoms with Gasteiger partial charge in [0.15, 0.2) is 5.78 Å². The summed E-state index contributed by atoms with van der Waals surface area (Å²) >= 11 is 0. The molecule has 0 fully saturated rings. The highest BCUT2D eigenvalue weighted by Crippen LogP contribution is 2.35. The van der Waals surface area contributed by atoms with Gasteiger partial charge in [0, 0.05) is 5.56 Å². The third-order valence-corrected chi connectivity index (χ3v) is 11.3. The Bertz CT molecular complexity index is 1040. The third kappa shape index (κ3) is 4.79. The number of carbonyl (C=O) groups excluding carboxylic acids is 1.